The monoisotopic (exact) mass is 499 g/mol. The van der Waals surface area contributed by atoms with Crippen LogP contribution in [0.1, 0.15) is 13.8 Å². The highest BCUT2D eigenvalue weighted by Gasteiger charge is 2.30. The van der Waals surface area contributed by atoms with E-state index in [2.05, 4.69) is 10.0 Å². The first-order chi connectivity index (χ1) is 15.3. The highest BCUT2D eigenvalue weighted by Crippen LogP contribution is 2.17. The number of amides is 1. The largest absolute Gasteiger partial charge is 0.497 e. The summed E-state index contributed by atoms with van der Waals surface area (Å²) in [5.41, 5.74) is 0.128. The summed E-state index contributed by atoms with van der Waals surface area (Å²) < 4.78 is 60.4. The molecular formula is C20H25N3O8S2. The fraction of sp³-hybridized carbons (Fsp3) is 0.300. The summed E-state index contributed by atoms with van der Waals surface area (Å²) in [6.07, 6.45) is 0. The van der Waals surface area contributed by atoms with Gasteiger partial charge in [0.2, 0.25) is 20.0 Å². The molecule has 0 saturated carbocycles. The second-order valence-corrected chi connectivity index (χ2v) is 10.5. The van der Waals surface area contributed by atoms with Crippen LogP contribution in [0, 0.1) is 5.92 Å². The van der Waals surface area contributed by atoms with Crippen molar-refractivity contribution in [2.45, 2.75) is 29.7 Å². The van der Waals surface area contributed by atoms with Crippen LogP contribution in [0.25, 0.3) is 0 Å². The molecule has 4 N–H and O–H groups in total. The third kappa shape index (κ3) is 7.53. The number of nitrogens with two attached hydrogens (primary N) is 1. The lowest BCUT2D eigenvalue weighted by Crippen LogP contribution is -2.45. The Kier molecular flexibility index (Phi) is 8.55. The zero-order chi connectivity index (χ0) is 24.8. The van der Waals surface area contributed by atoms with Crippen LogP contribution in [0.2, 0.25) is 0 Å². The van der Waals surface area contributed by atoms with Gasteiger partial charge in [-0.3, -0.25) is 9.59 Å². The van der Waals surface area contributed by atoms with Crippen LogP contribution in [0.15, 0.2) is 58.3 Å². The van der Waals surface area contributed by atoms with Gasteiger partial charge in [0.25, 0.3) is 5.91 Å². The number of esters is 1. The van der Waals surface area contributed by atoms with E-state index in [9.17, 15) is 26.4 Å². The van der Waals surface area contributed by atoms with Crippen molar-refractivity contribution in [3.05, 3.63) is 48.5 Å². The van der Waals surface area contributed by atoms with E-state index in [1.165, 1.54) is 49.6 Å². The van der Waals surface area contributed by atoms with Gasteiger partial charge in [0.1, 0.15) is 11.8 Å². The molecule has 2 aromatic rings. The summed E-state index contributed by atoms with van der Waals surface area (Å²) in [6.45, 7) is 2.51. The van der Waals surface area contributed by atoms with Crippen LogP contribution in [0.3, 0.4) is 0 Å². The predicted molar refractivity (Wildman–Crippen MR) is 119 cm³/mol. The molecule has 13 heteroatoms. The van der Waals surface area contributed by atoms with Crippen LogP contribution in [0.5, 0.6) is 5.75 Å². The highest BCUT2D eigenvalue weighted by molar-refractivity contribution is 7.89. The molecule has 0 spiro atoms. The number of ether oxygens (including phenoxy) is 2. The lowest BCUT2D eigenvalue weighted by molar-refractivity contribution is -0.150. The van der Waals surface area contributed by atoms with Crippen molar-refractivity contribution in [3.63, 3.8) is 0 Å². The van der Waals surface area contributed by atoms with E-state index >= 15 is 0 Å². The van der Waals surface area contributed by atoms with E-state index in [1.54, 1.807) is 13.8 Å². The van der Waals surface area contributed by atoms with Gasteiger partial charge in [-0.15, -0.1) is 0 Å². The number of carbonyl (C=O) groups is 2. The molecule has 2 rings (SSSR count). The number of benzene rings is 2. The minimum atomic E-state index is -4.06. The number of sulfonamides is 2. The van der Waals surface area contributed by atoms with Crippen LogP contribution in [-0.4, -0.2) is 48.5 Å². The zero-order valence-electron chi connectivity index (χ0n) is 18.1. The van der Waals surface area contributed by atoms with Gasteiger partial charge in [-0.25, -0.2) is 22.0 Å². The standard InChI is InChI=1S/C20H25N3O8S2/c1-13(2)19(23-33(28,29)16-9-7-15(30-3)8-10-16)20(25)31-12-18(24)22-14-5-4-6-17(11-14)32(21,26)27/h4-11,13,19,23H,12H2,1-3H3,(H,22,24)(H2,21,26,27)/t19-/m0/s1. The van der Waals surface area contributed by atoms with Crippen molar-refractivity contribution in [1.82, 2.24) is 4.72 Å². The summed E-state index contributed by atoms with van der Waals surface area (Å²) in [5.74, 6) is -1.72. The molecule has 1 atom stereocenters. The summed E-state index contributed by atoms with van der Waals surface area (Å²) in [4.78, 5) is 24.3. The number of hydrogen-bond acceptors (Lipinski definition) is 8. The number of methoxy groups -OCH3 is 1. The molecule has 2 aromatic carbocycles. The molecule has 0 aromatic heterocycles. The number of rotatable bonds is 10. The highest BCUT2D eigenvalue weighted by atomic mass is 32.2. The van der Waals surface area contributed by atoms with Crippen LogP contribution in [0.4, 0.5) is 5.69 Å². The first kappa shape index (κ1) is 26.3. The number of anilines is 1. The average molecular weight is 500 g/mol. The van der Waals surface area contributed by atoms with Gasteiger partial charge in [-0.1, -0.05) is 19.9 Å². The van der Waals surface area contributed by atoms with Crippen molar-refractivity contribution in [1.29, 1.82) is 0 Å². The predicted octanol–water partition coefficient (Wildman–Crippen LogP) is 0.827. The Morgan fingerprint density at radius 3 is 2.18 bits per heavy atom. The normalized spacial score (nSPS) is 12.8. The molecule has 0 bridgehead atoms. The molecule has 180 valence electrons. The smallest absolute Gasteiger partial charge is 0.324 e. The maximum absolute atomic E-state index is 12.6. The summed E-state index contributed by atoms with van der Waals surface area (Å²) in [7, 11) is -6.57. The van der Waals surface area contributed by atoms with Gasteiger partial charge in [0.05, 0.1) is 16.9 Å². The van der Waals surface area contributed by atoms with E-state index in [4.69, 9.17) is 14.6 Å². The van der Waals surface area contributed by atoms with Crippen LogP contribution >= 0.6 is 0 Å². The molecule has 11 nitrogen and oxygen atoms in total. The van der Waals surface area contributed by atoms with E-state index < -0.39 is 50.5 Å². The summed E-state index contributed by atoms with van der Waals surface area (Å²) >= 11 is 0. The minimum absolute atomic E-state index is 0.0748. The Labute approximate surface area is 192 Å². The second-order valence-electron chi connectivity index (χ2n) is 7.25. The Morgan fingerprint density at radius 2 is 1.64 bits per heavy atom. The third-order valence-electron chi connectivity index (χ3n) is 4.36. The van der Waals surface area contributed by atoms with Gasteiger partial charge in [0.15, 0.2) is 6.61 Å². The first-order valence-corrected chi connectivity index (χ1v) is 12.6. The Bertz CT molecular complexity index is 1210. The number of hydrogen-bond donors (Lipinski definition) is 3. The van der Waals surface area contributed by atoms with Crippen molar-refractivity contribution in [2.24, 2.45) is 11.1 Å². The van der Waals surface area contributed by atoms with E-state index in [-0.39, 0.29) is 15.5 Å². The van der Waals surface area contributed by atoms with Crippen LogP contribution < -0.4 is 19.9 Å². The molecule has 0 fully saturated rings. The fourth-order valence-corrected chi connectivity index (χ4v) is 4.51. The lowest BCUT2D eigenvalue weighted by Gasteiger charge is -2.20. The average Bonchev–Trinajstić information content (AvgIpc) is 2.75. The number of nitrogens with one attached hydrogen (secondary N) is 2. The SMILES string of the molecule is COc1ccc(S(=O)(=O)N[C@H](C(=O)OCC(=O)Nc2cccc(S(N)(=O)=O)c2)C(C)C)cc1. The summed E-state index contributed by atoms with van der Waals surface area (Å²) in [6, 6.07) is 9.54. The molecule has 1 amide bonds. The second kappa shape index (κ2) is 10.7. The van der Waals surface area contributed by atoms with Gasteiger partial charge < -0.3 is 14.8 Å². The topological polar surface area (TPSA) is 171 Å². The van der Waals surface area contributed by atoms with Crippen molar-refractivity contribution in [3.8, 4) is 5.75 Å². The molecule has 33 heavy (non-hydrogen) atoms. The molecular weight excluding hydrogens is 474 g/mol. The first-order valence-electron chi connectivity index (χ1n) is 9.59. The molecule has 0 heterocycles. The number of carbonyl (C=O) groups excluding carboxylic acids is 2. The van der Waals surface area contributed by atoms with Crippen LogP contribution in [-0.2, 0) is 34.4 Å². The van der Waals surface area contributed by atoms with Crippen molar-refractivity contribution < 1.29 is 35.9 Å². The Morgan fingerprint density at radius 1 is 1.00 bits per heavy atom. The zero-order valence-corrected chi connectivity index (χ0v) is 19.8. The molecule has 0 aliphatic heterocycles. The maximum atomic E-state index is 12.6. The molecule has 0 aliphatic rings. The lowest BCUT2D eigenvalue weighted by atomic mass is 10.1. The molecule has 0 radical (unpaired) electrons. The van der Waals surface area contributed by atoms with Gasteiger partial charge in [-0.05, 0) is 48.4 Å². The van der Waals surface area contributed by atoms with Gasteiger partial charge in [0, 0.05) is 5.69 Å². The van der Waals surface area contributed by atoms with Crippen molar-refractivity contribution in [2.75, 3.05) is 19.0 Å². The molecule has 0 unspecified atom stereocenters. The minimum Gasteiger partial charge on any atom is -0.497 e. The third-order valence-corrected chi connectivity index (χ3v) is 6.73. The fourth-order valence-electron chi connectivity index (χ4n) is 2.62. The quantitative estimate of drug-likeness (QED) is 0.403. The summed E-state index contributed by atoms with van der Waals surface area (Å²) in [5, 5.41) is 7.43. The number of primary sulfonamides is 1. The van der Waals surface area contributed by atoms with E-state index in [0.29, 0.717) is 5.75 Å². The molecule has 0 saturated heterocycles. The van der Waals surface area contributed by atoms with E-state index in [0.717, 1.165) is 6.07 Å². The Balaban J connectivity index is 2.03. The maximum Gasteiger partial charge on any atom is 0.324 e. The van der Waals surface area contributed by atoms with Gasteiger partial charge >= 0.3 is 5.97 Å². The van der Waals surface area contributed by atoms with Crippen molar-refractivity contribution >= 4 is 37.6 Å². The van der Waals surface area contributed by atoms with E-state index in [1.807, 2.05) is 0 Å². The molecule has 0 aliphatic carbocycles. The Hall–Kier alpha value is -3.00. The van der Waals surface area contributed by atoms with Gasteiger partial charge in [-0.2, -0.15) is 4.72 Å².